The lowest BCUT2D eigenvalue weighted by atomic mass is 9.87. The van der Waals surface area contributed by atoms with Crippen molar-refractivity contribution in [3.63, 3.8) is 0 Å². The molecule has 0 unspecified atom stereocenters. The number of ether oxygens (including phenoxy) is 1. The standard InChI is InChI=1S/C18H18BrN3O3S/c1-4-7-26-18-21-17(24)15-11(9-14(23)20-16(15)22(18)2)10-5-6-13(25-3)12(19)8-10/h4-6,8,11H,1,7,9H2,2-3H3,(H,20,23)/t11-/m1/s1. The minimum absolute atomic E-state index is 0.129. The van der Waals surface area contributed by atoms with E-state index in [9.17, 15) is 9.59 Å². The van der Waals surface area contributed by atoms with E-state index >= 15 is 0 Å². The van der Waals surface area contributed by atoms with Gasteiger partial charge in [-0.2, -0.15) is 4.98 Å². The normalized spacial score (nSPS) is 16.0. The van der Waals surface area contributed by atoms with E-state index in [2.05, 4.69) is 32.8 Å². The van der Waals surface area contributed by atoms with Crippen LogP contribution in [0.3, 0.4) is 0 Å². The van der Waals surface area contributed by atoms with Crippen LogP contribution in [0.15, 0.2) is 45.3 Å². The summed E-state index contributed by atoms with van der Waals surface area (Å²) in [5.41, 5.74) is 1.05. The van der Waals surface area contributed by atoms with Gasteiger partial charge in [0.1, 0.15) is 11.6 Å². The molecule has 26 heavy (non-hydrogen) atoms. The number of carbonyl (C=O) groups excluding carboxylic acids is 1. The van der Waals surface area contributed by atoms with Gasteiger partial charge in [0, 0.05) is 25.1 Å². The molecule has 6 nitrogen and oxygen atoms in total. The molecule has 0 radical (unpaired) electrons. The maximum Gasteiger partial charge on any atom is 0.279 e. The van der Waals surface area contributed by atoms with Crippen LogP contribution in [0.5, 0.6) is 5.75 Å². The molecular weight excluding hydrogens is 418 g/mol. The number of nitrogens with zero attached hydrogens (tertiary/aromatic N) is 2. The van der Waals surface area contributed by atoms with Crippen molar-refractivity contribution in [2.45, 2.75) is 17.5 Å². The van der Waals surface area contributed by atoms with Gasteiger partial charge in [-0.25, -0.2) is 0 Å². The molecule has 0 fully saturated rings. The SMILES string of the molecule is C=CCSc1nc(=O)c2c(n1C)NC(=O)C[C@@H]2c1ccc(OC)c(Br)c1. The summed E-state index contributed by atoms with van der Waals surface area (Å²) in [6.45, 7) is 3.68. The Morgan fingerprint density at radius 2 is 2.27 bits per heavy atom. The monoisotopic (exact) mass is 435 g/mol. The summed E-state index contributed by atoms with van der Waals surface area (Å²) in [5.74, 6) is 1.34. The van der Waals surface area contributed by atoms with Crippen molar-refractivity contribution in [2.75, 3.05) is 18.2 Å². The number of hydrogen-bond acceptors (Lipinski definition) is 5. The first-order chi connectivity index (χ1) is 12.5. The fraction of sp³-hybridized carbons (Fsp3) is 0.278. The highest BCUT2D eigenvalue weighted by Gasteiger charge is 2.32. The molecular formula is C18H18BrN3O3S. The molecule has 0 saturated carbocycles. The number of amides is 1. The molecule has 1 aliphatic rings. The second-order valence-corrected chi connectivity index (χ2v) is 7.66. The summed E-state index contributed by atoms with van der Waals surface area (Å²) in [6.07, 6.45) is 1.94. The predicted octanol–water partition coefficient (Wildman–Crippen LogP) is 3.30. The Bertz CT molecular complexity index is 942. The second kappa shape index (κ2) is 7.67. The number of rotatable bonds is 5. The first-order valence-corrected chi connectivity index (χ1v) is 9.72. The molecule has 2 aromatic rings. The number of methoxy groups -OCH3 is 1. The minimum Gasteiger partial charge on any atom is -0.496 e. The van der Waals surface area contributed by atoms with Crippen LogP contribution in [-0.4, -0.2) is 28.3 Å². The van der Waals surface area contributed by atoms with Crippen molar-refractivity contribution in [1.82, 2.24) is 9.55 Å². The van der Waals surface area contributed by atoms with E-state index in [0.29, 0.717) is 28.0 Å². The molecule has 1 aromatic carbocycles. The minimum atomic E-state index is -0.356. The van der Waals surface area contributed by atoms with E-state index in [4.69, 9.17) is 4.74 Å². The number of carbonyl (C=O) groups is 1. The summed E-state index contributed by atoms with van der Waals surface area (Å²) in [6, 6.07) is 5.57. The van der Waals surface area contributed by atoms with E-state index < -0.39 is 0 Å². The van der Waals surface area contributed by atoms with Crippen molar-refractivity contribution < 1.29 is 9.53 Å². The zero-order valence-corrected chi connectivity index (χ0v) is 16.8. The number of anilines is 1. The number of aromatic nitrogens is 2. The van der Waals surface area contributed by atoms with E-state index in [0.717, 1.165) is 10.0 Å². The van der Waals surface area contributed by atoms with Crippen LogP contribution < -0.4 is 15.6 Å². The summed E-state index contributed by atoms with van der Waals surface area (Å²) in [7, 11) is 3.38. The second-order valence-electron chi connectivity index (χ2n) is 5.82. The first-order valence-electron chi connectivity index (χ1n) is 7.94. The Balaban J connectivity index is 2.13. The van der Waals surface area contributed by atoms with Gasteiger partial charge in [-0.3, -0.25) is 9.59 Å². The van der Waals surface area contributed by atoms with Gasteiger partial charge < -0.3 is 14.6 Å². The number of thioether (sulfide) groups is 1. The number of hydrogen-bond donors (Lipinski definition) is 1. The Labute approximate surface area is 163 Å². The number of nitrogens with one attached hydrogen (secondary N) is 1. The van der Waals surface area contributed by atoms with E-state index in [-0.39, 0.29) is 23.8 Å². The average Bonchev–Trinajstić information content (AvgIpc) is 2.62. The number of benzene rings is 1. The zero-order valence-electron chi connectivity index (χ0n) is 14.4. The van der Waals surface area contributed by atoms with Crippen LogP contribution in [-0.2, 0) is 11.8 Å². The zero-order chi connectivity index (χ0) is 18.8. The highest BCUT2D eigenvalue weighted by molar-refractivity contribution is 9.10. The van der Waals surface area contributed by atoms with Crippen molar-refractivity contribution >= 4 is 39.4 Å². The number of halogens is 1. The molecule has 1 N–H and O–H groups in total. The van der Waals surface area contributed by atoms with Crippen molar-refractivity contribution in [2.24, 2.45) is 7.05 Å². The first kappa shape index (κ1) is 18.7. The average molecular weight is 436 g/mol. The van der Waals surface area contributed by atoms with Gasteiger partial charge >= 0.3 is 0 Å². The highest BCUT2D eigenvalue weighted by atomic mass is 79.9. The molecule has 0 saturated heterocycles. The molecule has 0 aliphatic carbocycles. The van der Waals surface area contributed by atoms with E-state index in [1.807, 2.05) is 18.2 Å². The molecule has 0 bridgehead atoms. The van der Waals surface area contributed by atoms with Gasteiger partial charge in [0.05, 0.1) is 17.1 Å². The third-order valence-electron chi connectivity index (χ3n) is 4.21. The highest BCUT2D eigenvalue weighted by Crippen LogP contribution is 2.38. The summed E-state index contributed by atoms with van der Waals surface area (Å²) < 4.78 is 7.79. The Kier molecular flexibility index (Phi) is 5.52. The van der Waals surface area contributed by atoms with Gasteiger partial charge in [0.15, 0.2) is 5.16 Å². The third-order valence-corrected chi connectivity index (χ3v) is 5.85. The van der Waals surface area contributed by atoms with Crippen molar-refractivity contribution in [3.05, 3.63) is 56.8 Å². The topological polar surface area (TPSA) is 73.2 Å². The van der Waals surface area contributed by atoms with Gasteiger partial charge in [-0.05, 0) is 33.6 Å². The van der Waals surface area contributed by atoms with Crippen LogP contribution in [0.2, 0.25) is 0 Å². The van der Waals surface area contributed by atoms with E-state index in [1.54, 1.807) is 24.8 Å². The molecule has 136 valence electrons. The Morgan fingerprint density at radius 3 is 2.92 bits per heavy atom. The largest absolute Gasteiger partial charge is 0.496 e. The summed E-state index contributed by atoms with van der Waals surface area (Å²) >= 11 is 4.86. The predicted molar refractivity (Wildman–Crippen MR) is 106 cm³/mol. The maximum absolute atomic E-state index is 12.7. The van der Waals surface area contributed by atoms with Crippen LogP contribution in [0.4, 0.5) is 5.82 Å². The lowest BCUT2D eigenvalue weighted by Gasteiger charge is -2.27. The fourth-order valence-corrected chi connectivity index (χ4v) is 4.24. The van der Waals surface area contributed by atoms with Crippen LogP contribution in [0, 0.1) is 0 Å². The lowest BCUT2D eigenvalue weighted by molar-refractivity contribution is -0.116. The molecule has 1 atom stereocenters. The quantitative estimate of drug-likeness (QED) is 0.443. The Hall–Kier alpha value is -2.06. The smallest absolute Gasteiger partial charge is 0.279 e. The third kappa shape index (κ3) is 3.43. The molecule has 1 aliphatic heterocycles. The molecule has 3 rings (SSSR count). The lowest BCUT2D eigenvalue weighted by Crippen LogP contribution is -2.33. The maximum atomic E-state index is 12.7. The van der Waals surface area contributed by atoms with Gasteiger partial charge in [0.25, 0.3) is 5.56 Å². The molecule has 2 heterocycles. The van der Waals surface area contributed by atoms with Gasteiger partial charge in [-0.15, -0.1) is 6.58 Å². The van der Waals surface area contributed by atoms with Crippen molar-refractivity contribution in [1.29, 1.82) is 0 Å². The Morgan fingerprint density at radius 1 is 1.50 bits per heavy atom. The summed E-state index contributed by atoms with van der Waals surface area (Å²) in [5, 5.41) is 3.38. The van der Waals surface area contributed by atoms with Gasteiger partial charge in [-0.1, -0.05) is 23.9 Å². The number of fused-ring (bicyclic) bond motifs is 1. The van der Waals surface area contributed by atoms with Crippen molar-refractivity contribution in [3.8, 4) is 5.75 Å². The summed E-state index contributed by atoms with van der Waals surface area (Å²) in [4.78, 5) is 29.3. The van der Waals surface area contributed by atoms with Crippen LogP contribution >= 0.6 is 27.7 Å². The van der Waals surface area contributed by atoms with Gasteiger partial charge in [0.2, 0.25) is 5.91 Å². The van der Waals surface area contributed by atoms with Crippen LogP contribution in [0.1, 0.15) is 23.5 Å². The van der Waals surface area contributed by atoms with E-state index in [1.165, 1.54) is 11.8 Å². The molecule has 8 heteroatoms. The molecule has 0 spiro atoms. The van der Waals surface area contributed by atoms with Crippen LogP contribution in [0.25, 0.3) is 0 Å². The fourth-order valence-electron chi connectivity index (χ4n) is 2.98. The molecule has 1 aromatic heterocycles. The molecule has 1 amide bonds.